The van der Waals surface area contributed by atoms with Crippen LogP contribution < -0.4 is 5.73 Å². The van der Waals surface area contributed by atoms with Gasteiger partial charge in [-0.3, -0.25) is 19.5 Å². The third-order valence-corrected chi connectivity index (χ3v) is 3.00. The lowest BCUT2D eigenvalue weighted by molar-refractivity contribution is -0.143. The van der Waals surface area contributed by atoms with E-state index in [1.807, 2.05) is 11.9 Å². The molecule has 2 rings (SSSR count). The maximum absolute atomic E-state index is 10.5. The van der Waals surface area contributed by atoms with Crippen molar-refractivity contribution in [2.75, 3.05) is 13.6 Å². The number of carbonyl (C=O) groups excluding carboxylic acids is 1. The first-order valence-corrected chi connectivity index (χ1v) is 6.15. The van der Waals surface area contributed by atoms with Crippen LogP contribution >= 0.6 is 0 Å². The molecule has 19 heavy (non-hydrogen) atoms. The van der Waals surface area contributed by atoms with E-state index in [2.05, 4.69) is 4.98 Å². The molecule has 2 heterocycles. The minimum absolute atomic E-state index is 0.228. The lowest BCUT2D eigenvalue weighted by Gasteiger charge is -2.28. The van der Waals surface area contributed by atoms with Crippen molar-refractivity contribution in [3.63, 3.8) is 0 Å². The van der Waals surface area contributed by atoms with Crippen molar-refractivity contribution in [1.29, 1.82) is 0 Å². The number of likely N-dealkylation sites (N-methyl/N-ethyl adjacent to an activating group) is 1. The van der Waals surface area contributed by atoms with Gasteiger partial charge in [0.25, 0.3) is 0 Å². The Balaban J connectivity index is 0.000000191. The monoisotopic (exact) mass is 265 g/mol. The van der Waals surface area contributed by atoms with Gasteiger partial charge in [0, 0.05) is 12.4 Å². The van der Waals surface area contributed by atoms with E-state index in [1.54, 1.807) is 18.3 Å². The summed E-state index contributed by atoms with van der Waals surface area (Å²) in [5, 5.41) is 8.67. The van der Waals surface area contributed by atoms with Crippen LogP contribution in [-0.2, 0) is 4.79 Å². The fraction of sp³-hybridized carbons (Fsp3) is 0.462. The van der Waals surface area contributed by atoms with Crippen LogP contribution in [0.5, 0.6) is 0 Å². The summed E-state index contributed by atoms with van der Waals surface area (Å²) in [6.45, 7) is 0.928. The van der Waals surface area contributed by atoms with Gasteiger partial charge in [-0.2, -0.15) is 0 Å². The average Bonchev–Trinajstić information content (AvgIpc) is 2.40. The number of nitrogens with zero attached hydrogens (tertiary/aromatic N) is 2. The molecule has 0 saturated carbocycles. The molecule has 0 radical (unpaired) electrons. The number of primary amides is 1. The highest BCUT2D eigenvalue weighted by molar-refractivity contribution is 5.92. The number of piperidine rings is 1. The third kappa shape index (κ3) is 5.05. The third-order valence-electron chi connectivity index (χ3n) is 3.00. The van der Waals surface area contributed by atoms with Crippen LogP contribution in [0.2, 0.25) is 0 Å². The Kier molecular flexibility index (Phi) is 5.95. The number of hydrogen-bond donors (Lipinski definition) is 2. The van der Waals surface area contributed by atoms with Crippen LogP contribution in [0.25, 0.3) is 0 Å². The normalized spacial score (nSPS) is 19.1. The van der Waals surface area contributed by atoms with Crippen molar-refractivity contribution in [3.05, 3.63) is 30.1 Å². The number of likely N-dealkylation sites (tertiary alicyclic amines) is 1. The zero-order valence-electron chi connectivity index (χ0n) is 11.0. The molecule has 1 aromatic heterocycles. The molecule has 1 aliphatic rings. The number of pyridine rings is 1. The summed E-state index contributed by atoms with van der Waals surface area (Å²) < 4.78 is 0. The van der Waals surface area contributed by atoms with Gasteiger partial charge in [0.15, 0.2) is 0 Å². The number of carbonyl (C=O) groups is 2. The molecule has 0 aliphatic carbocycles. The molecule has 0 aromatic carbocycles. The lowest BCUT2D eigenvalue weighted by atomic mass is 10.0. The predicted molar refractivity (Wildman–Crippen MR) is 70.7 cm³/mol. The Hall–Kier alpha value is -1.95. The fourth-order valence-electron chi connectivity index (χ4n) is 1.90. The Morgan fingerprint density at radius 3 is 2.58 bits per heavy atom. The maximum atomic E-state index is 10.5. The van der Waals surface area contributed by atoms with Crippen LogP contribution in [0, 0.1) is 0 Å². The van der Waals surface area contributed by atoms with Gasteiger partial charge in [-0.25, -0.2) is 0 Å². The first-order chi connectivity index (χ1) is 9.02. The number of carboxylic acids is 1. The van der Waals surface area contributed by atoms with E-state index in [4.69, 9.17) is 10.8 Å². The Bertz CT molecular complexity index is 422. The summed E-state index contributed by atoms with van der Waals surface area (Å²) in [6.07, 6.45) is 6.03. The first kappa shape index (κ1) is 15.1. The van der Waals surface area contributed by atoms with Crippen molar-refractivity contribution in [2.45, 2.75) is 25.3 Å². The molecule has 0 bridgehead atoms. The molecule has 0 spiro atoms. The lowest BCUT2D eigenvalue weighted by Crippen LogP contribution is -2.41. The fourth-order valence-corrected chi connectivity index (χ4v) is 1.90. The number of rotatable bonds is 2. The molecule has 1 amide bonds. The van der Waals surface area contributed by atoms with Crippen LogP contribution in [0.1, 0.15) is 29.6 Å². The van der Waals surface area contributed by atoms with Gasteiger partial charge in [0.05, 0.1) is 5.56 Å². The van der Waals surface area contributed by atoms with E-state index in [0.29, 0.717) is 5.56 Å². The van der Waals surface area contributed by atoms with Gasteiger partial charge in [-0.15, -0.1) is 0 Å². The predicted octanol–water partition coefficient (Wildman–Crippen LogP) is 0.736. The molecule has 1 fully saturated rings. The van der Waals surface area contributed by atoms with Crippen molar-refractivity contribution in [1.82, 2.24) is 9.88 Å². The molecule has 6 nitrogen and oxygen atoms in total. The minimum atomic E-state index is -0.679. The molecule has 1 aliphatic heterocycles. The second-order valence-electron chi connectivity index (χ2n) is 4.44. The summed E-state index contributed by atoms with van der Waals surface area (Å²) in [5.41, 5.74) is 5.38. The molecular weight excluding hydrogens is 246 g/mol. The molecule has 1 saturated heterocycles. The molecule has 1 atom stereocenters. The summed E-state index contributed by atoms with van der Waals surface area (Å²) in [4.78, 5) is 26.5. The quantitative estimate of drug-likeness (QED) is 0.822. The van der Waals surface area contributed by atoms with E-state index in [1.165, 1.54) is 6.20 Å². The zero-order chi connectivity index (χ0) is 14.3. The van der Waals surface area contributed by atoms with E-state index in [0.717, 1.165) is 25.8 Å². The average molecular weight is 265 g/mol. The topological polar surface area (TPSA) is 96.5 Å². The van der Waals surface area contributed by atoms with E-state index >= 15 is 0 Å². The van der Waals surface area contributed by atoms with Gasteiger partial charge in [-0.1, -0.05) is 6.42 Å². The smallest absolute Gasteiger partial charge is 0.320 e. The van der Waals surface area contributed by atoms with Crippen LogP contribution in [0.4, 0.5) is 0 Å². The summed E-state index contributed by atoms with van der Waals surface area (Å²) in [7, 11) is 1.87. The highest BCUT2D eigenvalue weighted by Gasteiger charge is 2.24. The summed E-state index contributed by atoms with van der Waals surface area (Å²) in [5.74, 6) is -1.12. The number of nitrogens with two attached hydrogens (primary N) is 1. The van der Waals surface area contributed by atoms with Crippen molar-refractivity contribution < 1.29 is 14.7 Å². The summed E-state index contributed by atoms with van der Waals surface area (Å²) >= 11 is 0. The van der Waals surface area contributed by atoms with Gasteiger partial charge < -0.3 is 10.8 Å². The zero-order valence-corrected chi connectivity index (χ0v) is 11.0. The number of aliphatic carboxylic acids is 1. The highest BCUT2D eigenvalue weighted by atomic mass is 16.4. The van der Waals surface area contributed by atoms with Crippen molar-refractivity contribution in [2.24, 2.45) is 5.73 Å². The number of carboxylic acid groups (broad SMARTS) is 1. The second kappa shape index (κ2) is 7.48. The van der Waals surface area contributed by atoms with Crippen LogP contribution in [0.15, 0.2) is 24.5 Å². The number of hydrogen-bond acceptors (Lipinski definition) is 4. The SMILES string of the molecule is CN1CCCCC1C(=O)O.NC(=O)c1cccnc1. The van der Waals surface area contributed by atoms with Crippen LogP contribution in [0.3, 0.4) is 0 Å². The standard InChI is InChI=1S/C7H13NO2.C6H6N2O/c1-8-5-3-2-4-6(8)7(9)10;7-6(9)5-2-1-3-8-4-5/h6H,2-5H2,1H3,(H,9,10);1-4H,(H2,7,9). The molecule has 1 aromatic rings. The van der Waals surface area contributed by atoms with E-state index < -0.39 is 11.9 Å². The molecule has 3 N–H and O–H groups in total. The Morgan fingerprint density at radius 1 is 1.47 bits per heavy atom. The van der Waals surface area contributed by atoms with Gasteiger partial charge in [-0.05, 0) is 38.6 Å². The number of aromatic nitrogens is 1. The largest absolute Gasteiger partial charge is 0.480 e. The van der Waals surface area contributed by atoms with Gasteiger partial charge in [0.2, 0.25) is 5.91 Å². The maximum Gasteiger partial charge on any atom is 0.320 e. The highest BCUT2D eigenvalue weighted by Crippen LogP contribution is 2.14. The van der Waals surface area contributed by atoms with Crippen molar-refractivity contribution in [3.8, 4) is 0 Å². The van der Waals surface area contributed by atoms with Gasteiger partial charge in [0.1, 0.15) is 6.04 Å². The first-order valence-electron chi connectivity index (χ1n) is 6.15. The van der Waals surface area contributed by atoms with E-state index in [-0.39, 0.29) is 6.04 Å². The Labute approximate surface area is 112 Å². The van der Waals surface area contributed by atoms with Gasteiger partial charge >= 0.3 is 5.97 Å². The second-order valence-corrected chi connectivity index (χ2v) is 4.44. The van der Waals surface area contributed by atoms with Crippen LogP contribution in [-0.4, -0.2) is 46.5 Å². The minimum Gasteiger partial charge on any atom is -0.480 e. The Morgan fingerprint density at radius 2 is 2.21 bits per heavy atom. The molecule has 6 heteroatoms. The summed E-state index contributed by atoms with van der Waals surface area (Å²) in [6, 6.07) is 3.06. The molecule has 1 unspecified atom stereocenters. The molecule has 104 valence electrons. The molecular formula is C13H19N3O3. The number of amides is 1. The van der Waals surface area contributed by atoms with E-state index in [9.17, 15) is 9.59 Å². The van der Waals surface area contributed by atoms with Crippen molar-refractivity contribution >= 4 is 11.9 Å².